The zero-order chi connectivity index (χ0) is 19.7. The number of carbonyl (C=O) groups is 2. The van der Waals surface area contributed by atoms with Crippen LogP contribution in [-0.4, -0.2) is 24.5 Å². The Hall–Kier alpha value is -1.06. The summed E-state index contributed by atoms with van der Waals surface area (Å²) in [4.78, 5) is 23.7. The molecule has 1 aliphatic rings. The molecule has 1 saturated carbocycles. The van der Waals surface area contributed by atoms with E-state index in [4.69, 9.17) is 4.74 Å². The van der Waals surface area contributed by atoms with Gasteiger partial charge in [-0.15, -0.1) is 0 Å². The smallest absolute Gasteiger partial charge is 0.328 e. The number of hydrogen-bond acceptors (Lipinski definition) is 3. The summed E-state index contributed by atoms with van der Waals surface area (Å²) in [6.45, 7) is 4.45. The number of unbranched alkanes of at least 4 members (excludes halogenated alkanes) is 12. The number of amides is 1. The molecule has 1 fully saturated rings. The van der Waals surface area contributed by atoms with Gasteiger partial charge in [-0.1, -0.05) is 90.4 Å². The minimum absolute atomic E-state index is 0.00617. The molecule has 0 heterocycles. The molecule has 0 radical (unpaired) electrons. The Morgan fingerprint density at radius 1 is 0.852 bits per heavy atom. The average molecular weight is 382 g/mol. The van der Waals surface area contributed by atoms with E-state index in [1.807, 2.05) is 0 Å². The molecule has 158 valence electrons. The molecule has 4 nitrogen and oxygen atoms in total. The van der Waals surface area contributed by atoms with Crippen LogP contribution in [0.15, 0.2) is 0 Å². The molecule has 0 bridgehead atoms. The summed E-state index contributed by atoms with van der Waals surface area (Å²) in [5, 5.41) is 2.77. The Labute approximate surface area is 167 Å². The molecule has 0 spiro atoms. The molecule has 0 unspecified atom stereocenters. The maximum Gasteiger partial charge on any atom is 0.328 e. The fourth-order valence-corrected chi connectivity index (χ4v) is 3.48. The third kappa shape index (κ3) is 12.1. The van der Waals surface area contributed by atoms with Gasteiger partial charge in [-0.3, -0.25) is 4.79 Å². The van der Waals surface area contributed by atoms with E-state index in [1.165, 1.54) is 70.6 Å². The zero-order valence-corrected chi connectivity index (χ0v) is 17.9. The largest absolute Gasteiger partial charge is 0.464 e. The van der Waals surface area contributed by atoms with Crippen molar-refractivity contribution in [1.29, 1.82) is 0 Å². The van der Waals surface area contributed by atoms with Gasteiger partial charge in [0.05, 0.1) is 6.61 Å². The van der Waals surface area contributed by atoms with Crippen molar-refractivity contribution in [3.63, 3.8) is 0 Å². The summed E-state index contributed by atoms with van der Waals surface area (Å²) in [7, 11) is 0. The lowest BCUT2D eigenvalue weighted by Crippen LogP contribution is -2.44. The highest BCUT2D eigenvalue weighted by atomic mass is 16.5. The Morgan fingerprint density at radius 2 is 1.33 bits per heavy atom. The standard InChI is InChI=1S/C23H43NO3/c1-3-4-5-6-7-8-9-10-11-12-13-14-15-19-27-23(26)20(2)24-22(25)21-17-16-18-21/h20-21H,3-19H2,1-2H3,(H,24,25)/t20-/m0/s1. The molecule has 27 heavy (non-hydrogen) atoms. The van der Waals surface area contributed by atoms with Crippen LogP contribution in [0.4, 0.5) is 0 Å². The van der Waals surface area contributed by atoms with Crippen LogP contribution >= 0.6 is 0 Å². The molecule has 0 aromatic heterocycles. The number of ether oxygens (including phenoxy) is 1. The molecule has 1 rings (SSSR count). The number of esters is 1. The molecular formula is C23H43NO3. The van der Waals surface area contributed by atoms with Gasteiger partial charge in [-0.05, 0) is 26.2 Å². The van der Waals surface area contributed by atoms with E-state index in [9.17, 15) is 9.59 Å². The van der Waals surface area contributed by atoms with Crippen molar-refractivity contribution in [2.24, 2.45) is 5.92 Å². The molecule has 4 heteroatoms. The van der Waals surface area contributed by atoms with E-state index >= 15 is 0 Å². The SMILES string of the molecule is CCCCCCCCCCCCCCCOC(=O)[C@H](C)NC(=O)C1CCC1. The third-order valence-corrected chi connectivity index (χ3v) is 5.68. The van der Waals surface area contributed by atoms with E-state index in [0.717, 1.165) is 32.1 Å². The van der Waals surface area contributed by atoms with Crippen LogP contribution in [0.1, 0.15) is 117 Å². The summed E-state index contributed by atoms with van der Waals surface area (Å²) >= 11 is 0. The van der Waals surface area contributed by atoms with Crippen LogP contribution in [0.25, 0.3) is 0 Å². The van der Waals surface area contributed by atoms with Gasteiger partial charge in [-0.25, -0.2) is 4.79 Å². The van der Waals surface area contributed by atoms with Gasteiger partial charge < -0.3 is 10.1 Å². The van der Waals surface area contributed by atoms with Crippen LogP contribution in [-0.2, 0) is 14.3 Å². The van der Waals surface area contributed by atoms with Crippen LogP contribution in [0.5, 0.6) is 0 Å². The number of hydrogen-bond donors (Lipinski definition) is 1. The minimum Gasteiger partial charge on any atom is -0.464 e. The van der Waals surface area contributed by atoms with E-state index < -0.39 is 6.04 Å². The summed E-state index contributed by atoms with van der Waals surface area (Å²) in [6.07, 6.45) is 20.0. The second-order valence-electron chi connectivity index (χ2n) is 8.27. The lowest BCUT2D eigenvalue weighted by atomic mass is 9.84. The molecule has 1 aliphatic carbocycles. The van der Waals surface area contributed by atoms with Gasteiger partial charge in [0, 0.05) is 5.92 Å². The normalized spacial score (nSPS) is 15.2. The van der Waals surface area contributed by atoms with Crippen molar-refractivity contribution in [2.75, 3.05) is 6.61 Å². The van der Waals surface area contributed by atoms with Gasteiger partial charge >= 0.3 is 5.97 Å². The van der Waals surface area contributed by atoms with Gasteiger partial charge in [0.2, 0.25) is 5.91 Å². The topological polar surface area (TPSA) is 55.4 Å². The van der Waals surface area contributed by atoms with Gasteiger partial charge in [0.1, 0.15) is 6.04 Å². The van der Waals surface area contributed by atoms with Crippen LogP contribution in [0.3, 0.4) is 0 Å². The van der Waals surface area contributed by atoms with E-state index in [-0.39, 0.29) is 17.8 Å². The molecule has 0 aliphatic heterocycles. The van der Waals surface area contributed by atoms with Gasteiger partial charge in [-0.2, -0.15) is 0 Å². The fourth-order valence-electron chi connectivity index (χ4n) is 3.48. The molecule has 0 aromatic carbocycles. The van der Waals surface area contributed by atoms with Crippen LogP contribution < -0.4 is 5.32 Å². The molecule has 1 N–H and O–H groups in total. The summed E-state index contributed by atoms with van der Waals surface area (Å²) in [5.41, 5.74) is 0. The van der Waals surface area contributed by atoms with Crippen molar-refractivity contribution in [2.45, 2.75) is 123 Å². The van der Waals surface area contributed by atoms with Crippen molar-refractivity contribution in [3.05, 3.63) is 0 Å². The van der Waals surface area contributed by atoms with Crippen molar-refractivity contribution in [3.8, 4) is 0 Å². The Balaban J connectivity index is 1.82. The Morgan fingerprint density at radius 3 is 1.78 bits per heavy atom. The minimum atomic E-state index is -0.528. The predicted molar refractivity (Wildman–Crippen MR) is 112 cm³/mol. The van der Waals surface area contributed by atoms with Gasteiger partial charge in [0.15, 0.2) is 0 Å². The number of rotatable bonds is 17. The molecule has 1 atom stereocenters. The quantitative estimate of drug-likeness (QED) is 0.251. The second kappa shape index (κ2) is 15.9. The zero-order valence-electron chi connectivity index (χ0n) is 17.9. The second-order valence-corrected chi connectivity index (χ2v) is 8.27. The van der Waals surface area contributed by atoms with E-state index in [0.29, 0.717) is 6.61 Å². The van der Waals surface area contributed by atoms with Crippen LogP contribution in [0.2, 0.25) is 0 Å². The third-order valence-electron chi connectivity index (χ3n) is 5.68. The summed E-state index contributed by atoms with van der Waals surface area (Å²) in [6, 6.07) is -0.528. The average Bonchev–Trinajstić information content (AvgIpc) is 2.60. The van der Waals surface area contributed by atoms with Crippen LogP contribution in [0, 0.1) is 5.92 Å². The maximum absolute atomic E-state index is 11.9. The van der Waals surface area contributed by atoms with E-state index in [1.54, 1.807) is 6.92 Å². The van der Waals surface area contributed by atoms with Gasteiger partial charge in [0.25, 0.3) is 0 Å². The first kappa shape index (κ1) is 24.0. The first-order valence-electron chi connectivity index (χ1n) is 11.6. The molecule has 1 amide bonds. The number of carbonyl (C=O) groups excluding carboxylic acids is 2. The molecular weight excluding hydrogens is 338 g/mol. The summed E-state index contributed by atoms with van der Waals surface area (Å²) < 4.78 is 5.28. The van der Waals surface area contributed by atoms with Crippen molar-refractivity contribution in [1.82, 2.24) is 5.32 Å². The monoisotopic (exact) mass is 381 g/mol. The van der Waals surface area contributed by atoms with Crippen molar-refractivity contribution >= 4 is 11.9 Å². The highest BCUT2D eigenvalue weighted by molar-refractivity contribution is 5.85. The highest BCUT2D eigenvalue weighted by Gasteiger charge is 2.27. The Bertz CT molecular complexity index is 393. The maximum atomic E-state index is 11.9. The molecule has 0 saturated heterocycles. The number of nitrogens with one attached hydrogen (secondary N) is 1. The van der Waals surface area contributed by atoms with E-state index in [2.05, 4.69) is 12.2 Å². The lowest BCUT2D eigenvalue weighted by Gasteiger charge is -2.25. The predicted octanol–water partition coefficient (Wildman–Crippen LogP) is 5.93. The lowest BCUT2D eigenvalue weighted by molar-refractivity contribution is -0.148. The first-order valence-corrected chi connectivity index (χ1v) is 11.6. The fraction of sp³-hybridized carbons (Fsp3) is 0.913. The highest BCUT2D eigenvalue weighted by Crippen LogP contribution is 2.26. The molecule has 0 aromatic rings. The Kier molecular flexibility index (Phi) is 14.2. The van der Waals surface area contributed by atoms with Crippen molar-refractivity contribution < 1.29 is 14.3 Å². The summed E-state index contributed by atoms with van der Waals surface area (Å²) in [5.74, 6) is -0.186. The first-order chi connectivity index (χ1) is 13.1.